The molecule has 126 valence electrons. The van der Waals surface area contributed by atoms with Crippen molar-refractivity contribution in [2.45, 2.75) is 45.8 Å². The largest absolute Gasteiger partial charge is 0.444 e. The van der Waals surface area contributed by atoms with Gasteiger partial charge in [0.2, 0.25) is 5.89 Å². The summed E-state index contributed by atoms with van der Waals surface area (Å²) >= 11 is 1.65. The van der Waals surface area contributed by atoms with Gasteiger partial charge >= 0.3 is 0 Å². The van der Waals surface area contributed by atoms with Crippen LogP contribution >= 0.6 is 11.3 Å². The highest BCUT2D eigenvalue weighted by Gasteiger charge is 2.26. The molecule has 0 amide bonds. The van der Waals surface area contributed by atoms with Crippen LogP contribution in [0.25, 0.3) is 10.8 Å². The fraction of sp³-hybridized carbons (Fsp3) is 0.471. The normalized spacial score (nSPS) is 18.5. The van der Waals surface area contributed by atoms with Crippen molar-refractivity contribution in [2.24, 2.45) is 0 Å². The molecule has 4 rings (SSSR count). The van der Waals surface area contributed by atoms with Crippen LogP contribution in [0.2, 0.25) is 0 Å². The van der Waals surface area contributed by atoms with E-state index in [9.17, 15) is 0 Å². The average Bonchev–Trinajstić information content (AvgIpc) is 3.30. The summed E-state index contributed by atoms with van der Waals surface area (Å²) in [6, 6.07) is 4.53. The molecule has 3 aromatic heterocycles. The van der Waals surface area contributed by atoms with Crippen LogP contribution in [-0.2, 0) is 13.1 Å². The summed E-state index contributed by atoms with van der Waals surface area (Å²) in [5.74, 6) is 2.55. The van der Waals surface area contributed by atoms with Crippen molar-refractivity contribution in [1.82, 2.24) is 24.6 Å². The summed E-state index contributed by atoms with van der Waals surface area (Å²) in [6.45, 7) is 6.77. The molecule has 1 fully saturated rings. The highest BCUT2D eigenvalue weighted by Crippen LogP contribution is 2.26. The summed E-state index contributed by atoms with van der Waals surface area (Å²) in [4.78, 5) is 12.6. The second kappa shape index (κ2) is 6.49. The molecule has 1 aliphatic heterocycles. The van der Waals surface area contributed by atoms with E-state index in [4.69, 9.17) is 4.42 Å². The topological polar surface area (TPSA) is 60.0 Å². The van der Waals surface area contributed by atoms with E-state index in [0.29, 0.717) is 6.04 Å². The fourth-order valence-electron chi connectivity index (χ4n) is 3.35. The van der Waals surface area contributed by atoms with Gasteiger partial charge in [0.1, 0.15) is 17.9 Å². The zero-order chi connectivity index (χ0) is 16.5. The Kier molecular flexibility index (Phi) is 4.20. The monoisotopic (exact) mass is 343 g/mol. The molecular weight excluding hydrogens is 322 g/mol. The molecule has 3 aromatic rings. The Morgan fingerprint density at radius 1 is 1.33 bits per heavy atom. The van der Waals surface area contributed by atoms with E-state index in [1.807, 2.05) is 36.0 Å². The van der Waals surface area contributed by atoms with Crippen molar-refractivity contribution in [3.05, 3.63) is 41.1 Å². The van der Waals surface area contributed by atoms with E-state index in [0.717, 1.165) is 47.7 Å². The van der Waals surface area contributed by atoms with Gasteiger partial charge in [0, 0.05) is 12.6 Å². The highest BCUT2D eigenvalue weighted by molar-refractivity contribution is 7.13. The Labute approximate surface area is 145 Å². The minimum absolute atomic E-state index is 0.478. The number of rotatable bonds is 5. The minimum Gasteiger partial charge on any atom is -0.444 e. The standard InChI is InChI=1S/C17H21N5OS/c1-12-18-13(2)22(20-12)10-15-5-3-7-21(15)9-14-11-23-17(19-14)16-6-4-8-24-16/h4,6,8,11,15H,3,5,7,9-10H2,1-2H3/t15-/m0/s1. The van der Waals surface area contributed by atoms with Crippen LogP contribution in [-0.4, -0.2) is 37.2 Å². The molecule has 0 aromatic carbocycles. The van der Waals surface area contributed by atoms with Crippen LogP contribution in [0.1, 0.15) is 30.2 Å². The van der Waals surface area contributed by atoms with Gasteiger partial charge in [-0.3, -0.25) is 4.90 Å². The maximum Gasteiger partial charge on any atom is 0.236 e. The molecule has 0 N–H and O–H groups in total. The van der Waals surface area contributed by atoms with Crippen LogP contribution in [0, 0.1) is 13.8 Å². The Bertz CT molecular complexity index is 807. The number of aryl methyl sites for hydroxylation is 2. The van der Waals surface area contributed by atoms with Crippen LogP contribution in [0.5, 0.6) is 0 Å². The lowest BCUT2D eigenvalue weighted by Gasteiger charge is -2.23. The quantitative estimate of drug-likeness (QED) is 0.711. The number of thiophene rings is 1. The molecule has 24 heavy (non-hydrogen) atoms. The molecule has 0 unspecified atom stereocenters. The lowest BCUT2D eigenvalue weighted by Crippen LogP contribution is -2.33. The van der Waals surface area contributed by atoms with Crippen LogP contribution in [0.3, 0.4) is 0 Å². The molecule has 0 spiro atoms. The van der Waals surface area contributed by atoms with Gasteiger partial charge in [-0.25, -0.2) is 14.6 Å². The molecular formula is C17H21N5OS. The zero-order valence-electron chi connectivity index (χ0n) is 14.0. The van der Waals surface area contributed by atoms with E-state index in [-0.39, 0.29) is 0 Å². The van der Waals surface area contributed by atoms with Crippen molar-refractivity contribution < 1.29 is 4.42 Å². The molecule has 0 radical (unpaired) electrons. The van der Waals surface area contributed by atoms with E-state index >= 15 is 0 Å². The van der Waals surface area contributed by atoms with Crippen molar-refractivity contribution in [3.8, 4) is 10.8 Å². The lowest BCUT2D eigenvalue weighted by atomic mass is 10.2. The first-order chi connectivity index (χ1) is 11.7. The van der Waals surface area contributed by atoms with Gasteiger partial charge in [0.25, 0.3) is 0 Å². The van der Waals surface area contributed by atoms with Gasteiger partial charge in [-0.1, -0.05) is 6.07 Å². The summed E-state index contributed by atoms with van der Waals surface area (Å²) < 4.78 is 7.67. The smallest absolute Gasteiger partial charge is 0.236 e. The lowest BCUT2D eigenvalue weighted by molar-refractivity contribution is 0.215. The second-order valence-corrected chi connectivity index (χ2v) is 7.22. The summed E-state index contributed by atoms with van der Waals surface area (Å²) in [6.07, 6.45) is 4.19. The molecule has 7 heteroatoms. The summed E-state index contributed by atoms with van der Waals surface area (Å²) in [5.41, 5.74) is 0.997. The number of oxazole rings is 1. The van der Waals surface area contributed by atoms with Gasteiger partial charge in [-0.15, -0.1) is 11.3 Å². The van der Waals surface area contributed by atoms with Gasteiger partial charge in [-0.05, 0) is 44.7 Å². The van der Waals surface area contributed by atoms with Gasteiger partial charge in [-0.2, -0.15) is 5.10 Å². The molecule has 0 saturated carbocycles. The van der Waals surface area contributed by atoms with Crippen molar-refractivity contribution in [1.29, 1.82) is 0 Å². The minimum atomic E-state index is 0.478. The van der Waals surface area contributed by atoms with Crippen LogP contribution < -0.4 is 0 Å². The predicted molar refractivity (Wildman–Crippen MR) is 92.7 cm³/mol. The number of aromatic nitrogens is 4. The van der Waals surface area contributed by atoms with Gasteiger partial charge in [0.15, 0.2) is 0 Å². The third-order valence-corrected chi connectivity index (χ3v) is 5.35. The first-order valence-corrected chi connectivity index (χ1v) is 9.17. The first kappa shape index (κ1) is 15.5. The Morgan fingerprint density at radius 3 is 3.00 bits per heavy atom. The predicted octanol–water partition coefficient (Wildman–Crippen LogP) is 3.28. The fourth-order valence-corrected chi connectivity index (χ4v) is 4.00. The van der Waals surface area contributed by atoms with Gasteiger partial charge < -0.3 is 4.42 Å². The SMILES string of the molecule is Cc1nc(C)n(C[C@@H]2CCCN2Cc2coc(-c3cccs3)n2)n1. The number of hydrogen-bond donors (Lipinski definition) is 0. The van der Waals surface area contributed by atoms with E-state index in [1.54, 1.807) is 17.6 Å². The summed E-state index contributed by atoms with van der Waals surface area (Å²) in [5, 5.41) is 6.54. The molecule has 1 aliphatic rings. The highest BCUT2D eigenvalue weighted by atomic mass is 32.1. The number of hydrogen-bond acceptors (Lipinski definition) is 6. The number of likely N-dealkylation sites (tertiary alicyclic amines) is 1. The third kappa shape index (κ3) is 3.14. The molecule has 0 bridgehead atoms. The van der Waals surface area contributed by atoms with Crippen LogP contribution in [0.15, 0.2) is 28.2 Å². The maximum absolute atomic E-state index is 5.64. The van der Waals surface area contributed by atoms with E-state index < -0.39 is 0 Å². The average molecular weight is 343 g/mol. The Hall–Kier alpha value is -1.99. The molecule has 0 aliphatic carbocycles. The molecule has 1 atom stereocenters. The first-order valence-electron chi connectivity index (χ1n) is 8.29. The van der Waals surface area contributed by atoms with E-state index in [1.165, 1.54) is 12.8 Å². The third-order valence-electron chi connectivity index (χ3n) is 4.49. The molecule has 1 saturated heterocycles. The molecule has 6 nitrogen and oxygen atoms in total. The number of nitrogens with zero attached hydrogens (tertiary/aromatic N) is 5. The van der Waals surface area contributed by atoms with Crippen LogP contribution in [0.4, 0.5) is 0 Å². The van der Waals surface area contributed by atoms with E-state index in [2.05, 4.69) is 20.0 Å². The van der Waals surface area contributed by atoms with Crippen molar-refractivity contribution in [3.63, 3.8) is 0 Å². The second-order valence-electron chi connectivity index (χ2n) is 6.28. The maximum atomic E-state index is 5.64. The Morgan fingerprint density at radius 2 is 2.25 bits per heavy atom. The van der Waals surface area contributed by atoms with Crippen molar-refractivity contribution in [2.75, 3.05) is 6.54 Å². The summed E-state index contributed by atoms with van der Waals surface area (Å²) in [7, 11) is 0. The van der Waals surface area contributed by atoms with Crippen molar-refractivity contribution >= 4 is 11.3 Å². The zero-order valence-corrected chi connectivity index (χ0v) is 14.8. The molecule has 4 heterocycles. The Balaban J connectivity index is 1.44. The van der Waals surface area contributed by atoms with Gasteiger partial charge in [0.05, 0.1) is 17.1 Å².